The van der Waals surface area contributed by atoms with E-state index in [1.165, 1.54) is 0 Å². The molecule has 112 valence electrons. The predicted molar refractivity (Wildman–Crippen MR) is 90.1 cm³/mol. The first-order chi connectivity index (χ1) is 11.2. The van der Waals surface area contributed by atoms with Gasteiger partial charge in [-0.05, 0) is 42.3 Å². The maximum Gasteiger partial charge on any atom is 0.258 e. The van der Waals surface area contributed by atoms with Crippen LogP contribution in [0.15, 0.2) is 59.5 Å². The smallest absolute Gasteiger partial charge is 0.258 e. The largest absolute Gasteiger partial charge is 0.310 e. The average molecular weight is 302 g/mol. The highest BCUT2D eigenvalue weighted by molar-refractivity contribution is 5.84. The van der Waals surface area contributed by atoms with E-state index in [2.05, 4.69) is 26.2 Å². The number of hydrogen-bond acceptors (Lipinski definition) is 3. The third-order valence-corrected chi connectivity index (χ3v) is 3.83. The lowest BCUT2D eigenvalue weighted by Gasteiger charge is -2.06. The molecule has 0 saturated carbocycles. The summed E-state index contributed by atoms with van der Waals surface area (Å²) < 4.78 is 0. The molecule has 4 rings (SSSR count). The van der Waals surface area contributed by atoms with Crippen molar-refractivity contribution in [3.63, 3.8) is 0 Å². The number of H-pyrrole nitrogens is 2. The second-order valence-electron chi connectivity index (χ2n) is 5.43. The molecule has 0 aliphatic carbocycles. The van der Waals surface area contributed by atoms with Gasteiger partial charge in [-0.3, -0.25) is 9.89 Å². The summed E-state index contributed by atoms with van der Waals surface area (Å²) in [5.74, 6) is 0.622. The lowest BCUT2D eigenvalue weighted by Crippen LogP contribution is -2.09. The number of aromatic nitrogens is 4. The van der Waals surface area contributed by atoms with Crippen molar-refractivity contribution in [1.82, 2.24) is 20.2 Å². The molecule has 0 radical (unpaired) electrons. The van der Waals surface area contributed by atoms with Crippen molar-refractivity contribution in [2.45, 2.75) is 6.92 Å². The minimum atomic E-state index is -0.112. The van der Waals surface area contributed by atoms with E-state index in [-0.39, 0.29) is 5.56 Å². The zero-order chi connectivity index (χ0) is 15.8. The van der Waals surface area contributed by atoms with E-state index in [9.17, 15) is 4.79 Å². The van der Waals surface area contributed by atoms with Gasteiger partial charge in [-0.1, -0.05) is 24.3 Å². The number of rotatable bonds is 2. The lowest BCUT2D eigenvalue weighted by atomic mass is 10.0. The molecule has 0 fully saturated rings. The summed E-state index contributed by atoms with van der Waals surface area (Å²) in [5.41, 5.74) is 4.63. The highest BCUT2D eigenvalue weighted by atomic mass is 16.1. The van der Waals surface area contributed by atoms with E-state index < -0.39 is 0 Å². The molecular weight excluding hydrogens is 288 g/mol. The van der Waals surface area contributed by atoms with Gasteiger partial charge in [-0.15, -0.1) is 0 Å². The number of aromatic amines is 2. The second-order valence-corrected chi connectivity index (χ2v) is 5.43. The molecule has 0 aliphatic heterocycles. The van der Waals surface area contributed by atoms with E-state index in [4.69, 9.17) is 0 Å². The standard InChI is InChI=1S/C18H14N4O/c1-11-20-17-6-5-13(10-15(17)18(23)21-11)12-3-2-4-14(9-12)16-7-8-19-22-16/h2-10H,1H3,(H,19,22)(H,20,21,23). The Morgan fingerprint density at radius 3 is 2.61 bits per heavy atom. The van der Waals surface area contributed by atoms with Crippen LogP contribution in [-0.2, 0) is 0 Å². The molecule has 0 bridgehead atoms. The van der Waals surface area contributed by atoms with Gasteiger partial charge in [0.25, 0.3) is 5.56 Å². The van der Waals surface area contributed by atoms with Crippen LogP contribution in [0.4, 0.5) is 0 Å². The zero-order valence-corrected chi connectivity index (χ0v) is 12.5. The van der Waals surface area contributed by atoms with Crippen molar-refractivity contribution in [3.05, 3.63) is 70.9 Å². The molecule has 4 aromatic rings. The monoisotopic (exact) mass is 302 g/mol. The van der Waals surface area contributed by atoms with Gasteiger partial charge in [0, 0.05) is 11.8 Å². The van der Waals surface area contributed by atoms with Crippen LogP contribution in [0, 0.1) is 6.92 Å². The first-order valence-electron chi connectivity index (χ1n) is 7.31. The van der Waals surface area contributed by atoms with Crippen molar-refractivity contribution in [2.24, 2.45) is 0 Å². The van der Waals surface area contributed by atoms with Crippen molar-refractivity contribution >= 4 is 10.9 Å². The van der Waals surface area contributed by atoms with Crippen LogP contribution < -0.4 is 5.56 Å². The van der Waals surface area contributed by atoms with Crippen LogP contribution in [0.3, 0.4) is 0 Å². The van der Waals surface area contributed by atoms with Crippen LogP contribution in [0.25, 0.3) is 33.3 Å². The molecule has 0 aliphatic rings. The van der Waals surface area contributed by atoms with E-state index in [1.807, 2.05) is 42.5 Å². The summed E-state index contributed by atoms with van der Waals surface area (Å²) in [7, 11) is 0. The first kappa shape index (κ1) is 13.5. The zero-order valence-electron chi connectivity index (χ0n) is 12.5. The normalized spacial score (nSPS) is 11.0. The minimum absolute atomic E-state index is 0.112. The summed E-state index contributed by atoms with van der Waals surface area (Å²) in [6.45, 7) is 1.78. The molecule has 0 spiro atoms. The molecule has 5 heteroatoms. The summed E-state index contributed by atoms with van der Waals surface area (Å²) in [5, 5.41) is 7.54. The van der Waals surface area contributed by atoms with Crippen molar-refractivity contribution in [1.29, 1.82) is 0 Å². The van der Waals surface area contributed by atoms with E-state index in [1.54, 1.807) is 13.1 Å². The third kappa shape index (κ3) is 2.42. The molecule has 23 heavy (non-hydrogen) atoms. The van der Waals surface area contributed by atoms with Gasteiger partial charge in [-0.25, -0.2) is 4.98 Å². The molecule has 5 nitrogen and oxygen atoms in total. The van der Waals surface area contributed by atoms with Gasteiger partial charge < -0.3 is 4.98 Å². The molecule has 0 unspecified atom stereocenters. The minimum Gasteiger partial charge on any atom is -0.310 e. The van der Waals surface area contributed by atoms with Crippen LogP contribution in [0.2, 0.25) is 0 Å². The Morgan fingerprint density at radius 1 is 0.957 bits per heavy atom. The van der Waals surface area contributed by atoms with E-state index >= 15 is 0 Å². The Hall–Kier alpha value is -3.21. The van der Waals surface area contributed by atoms with Crippen LogP contribution in [-0.4, -0.2) is 20.2 Å². The van der Waals surface area contributed by atoms with E-state index in [0.717, 1.165) is 22.4 Å². The summed E-state index contributed by atoms with van der Waals surface area (Å²) >= 11 is 0. The summed E-state index contributed by atoms with van der Waals surface area (Å²) in [4.78, 5) is 19.2. The molecular formula is C18H14N4O. The molecule has 2 N–H and O–H groups in total. The van der Waals surface area contributed by atoms with Gasteiger partial charge >= 0.3 is 0 Å². The molecule has 0 amide bonds. The number of nitrogens with zero attached hydrogens (tertiary/aromatic N) is 2. The fraction of sp³-hybridized carbons (Fsp3) is 0.0556. The number of nitrogens with one attached hydrogen (secondary N) is 2. The van der Waals surface area contributed by atoms with Crippen molar-refractivity contribution in [2.75, 3.05) is 0 Å². The van der Waals surface area contributed by atoms with Crippen molar-refractivity contribution < 1.29 is 0 Å². The van der Waals surface area contributed by atoms with Crippen LogP contribution in [0.5, 0.6) is 0 Å². The first-order valence-corrected chi connectivity index (χ1v) is 7.31. The fourth-order valence-corrected chi connectivity index (χ4v) is 2.72. The highest BCUT2D eigenvalue weighted by Gasteiger charge is 2.06. The highest BCUT2D eigenvalue weighted by Crippen LogP contribution is 2.26. The number of benzene rings is 2. The Balaban J connectivity index is 1.86. The predicted octanol–water partition coefficient (Wildman–Crippen LogP) is 3.29. The topological polar surface area (TPSA) is 74.4 Å². The van der Waals surface area contributed by atoms with Crippen LogP contribution >= 0.6 is 0 Å². The summed E-state index contributed by atoms with van der Waals surface area (Å²) in [6, 6.07) is 15.8. The van der Waals surface area contributed by atoms with Gasteiger partial charge in [-0.2, -0.15) is 5.10 Å². The summed E-state index contributed by atoms with van der Waals surface area (Å²) in [6.07, 6.45) is 1.73. The van der Waals surface area contributed by atoms with Gasteiger partial charge in [0.05, 0.1) is 16.6 Å². The Morgan fingerprint density at radius 2 is 1.78 bits per heavy atom. The molecule has 2 heterocycles. The average Bonchev–Trinajstić information content (AvgIpc) is 3.09. The Bertz CT molecular complexity index is 1050. The number of fused-ring (bicyclic) bond motifs is 1. The fourth-order valence-electron chi connectivity index (χ4n) is 2.72. The second kappa shape index (κ2) is 5.21. The number of aryl methyl sites for hydroxylation is 1. The molecule has 2 aromatic carbocycles. The SMILES string of the molecule is Cc1nc2ccc(-c3cccc(-c4ccn[nH]4)c3)cc2c(=O)[nH]1. The van der Waals surface area contributed by atoms with E-state index in [0.29, 0.717) is 16.7 Å². The molecule has 2 aromatic heterocycles. The van der Waals surface area contributed by atoms with Gasteiger partial charge in [0.1, 0.15) is 5.82 Å². The van der Waals surface area contributed by atoms with Gasteiger partial charge in [0.15, 0.2) is 0 Å². The maximum atomic E-state index is 12.1. The third-order valence-electron chi connectivity index (χ3n) is 3.83. The van der Waals surface area contributed by atoms with Crippen molar-refractivity contribution in [3.8, 4) is 22.4 Å². The van der Waals surface area contributed by atoms with Crippen LogP contribution in [0.1, 0.15) is 5.82 Å². The Labute approximate surface area is 132 Å². The molecule has 0 atom stereocenters. The number of hydrogen-bond donors (Lipinski definition) is 2. The quantitative estimate of drug-likeness (QED) is 0.596. The lowest BCUT2D eigenvalue weighted by molar-refractivity contribution is 1.06. The Kier molecular flexibility index (Phi) is 3.05. The van der Waals surface area contributed by atoms with Gasteiger partial charge in [0.2, 0.25) is 0 Å². The molecule has 0 saturated heterocycles. The maximum absolute atomic E-state index is 12.1.